The van der Waals surface area contributed by atoms with Crippen molar-refractivity contribution >= 4 is 44.7 Å². The molecule has 3 aromatic rings. The van der Waals surface area contributed by atoms with E-state index in [1.807, 2.05) is 6.92 Å². The number of para-hydroxylation sites is 2. The maximum Gasteiger partial charge on any atom is 0.292 e. The summed E-state index contributed by atoms with van der Waals surface area (Å²) in [6, 6.07) is 5.44. The fourth-order valence-corrected chi connectivity index (χ4v) is 9.25. The topological polar surface area (TPSA) is 203 Å². The predicted octanol–water partition coefficient (Wildman–Crippen LogP) is 4.05. The van der Waals surface area contributed by atoms with Crippen molar-refractivity contribution in [1.29, 1.82) is 0 Å². The van der Waals surface area contributed by atoms with Gasteiger partial charge in [-0.25, -0.2) is 18.4 Å². The molecular formula is C38H47F2N7O8S. The molecule has 4 fully saturated rings. The molecule has 2 saturated heterocycles. The van der Waals surface area contributed by atoms with Crippen LogP contribution in [0.2, 0.25) is 0 Å². The molecule has 2 aliphatic heterocycles. The number of aromatic nitrogens is 3. The first-order valence-corrected chi connectivity index (χ1v) is 20.6. The molecule has 6 atom stereocenters. The average Bonchev–Trinajstić information content (AvgIpc) is 3.96. The van der Waals surface area contributed by atoms with E-state index in [2.05, 4.69) is 30.5 Å². The highest BCUT2D eigenvalue weighted by Gasteiger charge is 2.65. The highest BCUT2D eigenvalue weighted by Crippen LogP contribution is 2.51. The largest absolute Gasteiger partial charge is 0.471 e. The number of nitrogens with one attached hydrogen (secondary N) is 3. The van der Waals surface area contributed by atoms with Gasteiger partial charge in [0, 0.05) is 19.4 Å². The van der Waals surface area contributed by atoms with Gasteiger partial charge in [-0.15, -0.1) is 0 Å². The predicted molar refractivity (Wildman–Crippen MR) is 197 cm³/mol. The van der Waals surface area contributed by atoms with Crippen LogP contribution in [0.5, 0.6) is 5.88 Å². The number of hydrogen-bond donors (Lipinski definition) is 3. The Morgan fingerprint density at radius 3 is 2.39 bits per heavy atom. The van der Waals surface area contributed by atoms with Crippen molar-refractivity contribution in [3.05, 3.63) is 47.5 Å². The summed E-state index contributed by atoms with van der Waals surface area (Å²) in [5, 5.41) is 9.38. The molecule has 7 rings (SSSR count). The number of hydrogen-bond acceptors (Lipinski definition) is 11. The SMILES string of the molecule is Cc1cc(C(=O)N[C@H]2CCCCCCC(C)[C@@H]3C[C@@]3(C(=O)NS(=O)(=O)C3(C)CC3)NC(=O)[C@@H]3C[C@@H](Oc4nc5ccccc5nc4C(C)(F)F)CN3C2=O)no1. The Labute approximate surface area is 323 Å². The molecule has 18 heteroatoms. The number of carbonyl (C=O) groups excluding carboxylic acids is 4. The molecule has 4 amide bonds. The minimum absolute atomic E-state index is 0.0391. The fraction of sp³-hybridized carbons (Fsp3) is 0.605. The van der Waals surface area contributed by atoms with Crippen molar-refractivity contribution in [1.82, 2.24) is 35.4 Å². The number of alkyl halides is 2. The highest BCUT2D eigenvalue weighted by atomic mass is 32.2. The van der Waals surface area contributed by atoms with Gasteiger partial charge in [0.2, 0.25) is 27.7 Å². The summed E-state index contributed by atoms with van der Waals surface area (Å²) in [4.78, 5) is 66.1. The van der Waals surface area contributed by atoms with Crippen molar-refractivity contribution in [2.24, 2.45) is 11.8 Å². The number of rotatable bonds is 8. The van der Waals surface area contributed by atoms with Crippen molar-refractivity contribution in [2.45, 2.75) is 126 Å². The molecular weight excluding hydrogens is 753 g/mol. The Balaban J connectivity index is 1.23. The molecule has 1 aromatic carbocycles. The zero-order valence-electron chi connectivity index (χ0n) is 31.8. The van der Waals surface area contributed by atoms with Crippen molar-refractivity contribution in [3.8, 4) is 5.88 Å². The molecule has 2 aliphatic carbocycles. The zero-order chi connectivity index (χ0) is 40.2. The van der Waals surface area contributed by atoms with E-state index in [1.54, 1.807) is 38.1 Å². The van der Waals surface area contributed by atoms with Crippen LogP contribution in [-0.2, 0) is 30.3 Å². The first-order valence-electron chi connectivity index (χ1n) is 19.2. The van der Waals surface area contributed by atoms with Crippen LogP contribution in [0.1, 0.15) is 107 Å². The molecule has 0 spiro atoms. The standard InChI is InChI=1S/C38H47F2N7O8S/c1-21-11-7-5-6-8-14-27(42-31(48)28-17-22(2)55-45-28)34(50)47-20-23(54-33-30(37(4,39)40)41-25-12-9-10-13-26(25)43-33)18-29(47)32(49)44-38(19-24(21)38)35(51)46-56(52,53)36(3)15-16-36/h9-10,12-13,17,21,23-24,27,29H,5-8,11,14-16,18-20H2,1-4H3,(H,42,48)(H,44,49)(H,46,51)/t21?,23-,24+,27+,29+,38-/m1/s1. The van der Waals surface area contributed by atoms with E-state index in [1.165, 1.54) is 11.0 Å². The van der Waals surface area contributed by atoms with Crippen LogP contribution >= 0.6 is 0 Å². The maximum atomic E-state index is 15.0. The lowest BCUT2D eigenvalue weighted by atomic mass is 9.94. The Morgan fingerprint density at radius 2 is 1.75 bits per heavy atom. The van der Waals surface area contributed by atoms with Crippen LogP contribution in [0.4, 0.5) is 8.78 Å². The first kappa shape index (κ1) is 39.5. The summed E-state index contributed by atoms with van der Waals surface area (Å²) in [6.07, 6.45) is 3.56. The number of carbonyl (C=O) groups is 4. The van der Waals surface area contributed by atoms with Gasteiger partial charge < -0.3 is 24.8 Å². The van der Waals surface area contributed by atoms with Gasteiger partial charge >= 0.3 is 0 Å². The molecule has 0 radical (unpaired) electrons. The van der Waals surface area contributed by atoms with Gasteiger partial charge in [-0.3, -0.25) is 23.9 Å². The lowest BCUT2D eigenvalue weighted by molar-refractivity contribution is -0.141. The molecule has 2 aromatic heterocycles. The smallest absolute Gasteiger partial charge is 0.292 e. The number of fused-ring (bicyclic) bond motifs is 3. The van der Waals surface area contributed by atoms with E-state index < -0.39 is 79.6 Å². The summed E-state index contributed by atoms with van der Waals surface area (Å²) in [6.45, 7) is 5.55. The number of nitrogens with zero attached hydrogens (tertiary/aromatic N) is 4. The molecule has 302 valence electrons. The van der Waals surface area contributed by atoms with Crippen LogP contribution in [0.25, 0.3) is 11.0 Å². The second-order valence-electron chi connectivity index (χ2n) is 16.2. The lowest BCUT2D eigenvalue weighted by Crippen LogP contribution is -2.59. The summed E-state index contributed by atoms with van der Waals surface area (Å²) in [7, 11) is -4.05. The van der Waals surface area contributed by atoms with Crippen molar-refractivity contribution in [2.75, 3.05) is 6.54 Å². The number of aryl methyl sites for hydroxylation is 1. The summed E-state index contributed by atoms with van der Waals surface area (Å²) in [5.41, 5.74) is -1.81. The first-order chi connectivity index (χ1) is 26.4. The minimum Gasteiger partial charge on any atom is -0.471 e. The number of ether oxygens (including phenoxy) is 1. The molecule has 2 saturated carbocycles. The quantitative estimate of drug-likeness (QED) is 0.297. The molecule has 15 nitrogen and oxygen atoms in total. The van der Waals surface area contributed by atoms with E-state index in [4.69, 9.17) is 9.26 Å². The minimum atomic E-state index is -4.05. The van der Waals surface area contributed by atoms with Gasteiger partial charge in [0.25, 0.3) is 17.7 Å². The van der Waals surface area contributed by atoms with Gasteiger partial charge in [-0.05, 0) is 63.5 Å². The summed E-state index contributed by atoms with van der Waals surface area (Å²) in [5.74, 6) is -6.85. The molecule has 0 bridgehead atoms. The fourth-order valence-electron chi connectivity index (χ4n) is 7.94. The van der Waals surface area contributed by atoms with Crippen LogP contribution in [0.3, 0.4) is 0 Å². The monoisotopic (exact) mass is 799 g/mol. The summed E-state index contributed by atoms with van der Waals surface area (Å²) < 4.78 is 68.7. The Bertz CT molecular complexity index is 2160. The van der Waals surface area contributed by atoms with E-state index in [0.29, 0.717) is 43.9 Å². The van der Waals surface area contributed by atoms with Crippen molar-refractivity contribution < 1.29 is 45.6 Å². The van der Waals surface area contributed by atoms with Crippen LogP contribution in [0, 0.1) is 18.8 Å². The second-order valence-corrected chi connectivity index (χ2v) is 18.4. The Morgan fingerprint density at radius 1 is 1.07 bits per heavy atom. The third-order valence-electron chi connectivity index (χ3n) is 11.7. The molecule has 1 unspecified atom stereocenters. The number of amides is 4. The zero-order valence-corrected chi connectivity index (χ0v) is 32.6. The second kappa shape index (κ2) is 14.6. The van der Waals surface area contributed by atoms with Crippen molar-refractivity contribution in [3.63, 3.8) is 0 Å². The van der Waals surface area contributed by atoms with Crippen LogP contribution in [0.15, 0.2) is 34.9 Å². The van der Waals surface area contributed by atoms with Gasteiger partial charge in [-0.1, -0.05) is 56.3 Å². The normalized spacial score (nSPS) is 28.2. The number of sulfonamides is 1. The van der Waals surface area contributed by atoms with Crippen LogP contribution < -0.4 is 20.1 Å². The maximum absolute atomic E-state index is 15.0. The van der Waals surface area contributed by atoms with Crippen LogP contribution in [-0.4, -0.2) is 87.1 Å². The Kier molecular flexibility index (Phi) is 10.3. The molecule has 4 heterocycles. The molecule has 56 heavy (non-hydrogen) atoms. The van der Waals surface area contributed by atoms with E-state index >= 15 is 0 Å². The van der Waals surface area contributed by atoms with Gasteiger partial charge in [0.15, 0.2) is 11.4 Å². The third-order valence-corrected chi connectivity index (χ3v) is 13.9. The van der Waals surface area contributed by atoms with E-state index in [0.717, 1.165) is 19.3 Å². The molecule has 3 N–H and O–H groups in total. The van der Waals surface area contributed by atoms with Gasteiger partial charge in [-0.2, -0.15) is 8.78 Å². The van der Waals surface area contributed by atoms with Gasteiger partial charge in [0.1, 0.15) is 29.5 Å². The Hall–Kier alpha value is -4.74. The van der Waals surface area contributed by atoms with E-state index in [9.17, 15) is 36.4 Å². The summed E-state index contributed by atoms with van der Waals surface area (Å²) >= 11 is 0. The number of halogens is 2. The highest BCUT2D eigenvalue weighted by molar-refractivity contribution is 7.91. The van der Waals surface area contributed by atoms with Gasteiger partial charge in [0.05, 0.1) is 22.3 Å². The number of benzene rings is 1. The lowest BCUT2D eigenvalue weighted by Gasteiger charge is -2.30. The molecule has 4 aliphatic rings. The average molecular weight is 800 g/mol. The van der Waals surface area contributed by atoms with E-state index in [-0.39, 0.29) is 48.9 Å². The third kappa shape index (κ3) is 7.80.